The number of hydrogen-bond donors (Lipinski definition) is 3. The summed E-state index contributed by atoms with van der Waals surface area (Å²) >= 11 is 7.30. The molecule has 24 heavy (non-hydrogen) atoms. The van der Waals surface area contributed by atoms with Gasteiger partial charge < -0.3 is 15.4 Å². The molecule has 0 aliphatic rings. The van der Waals surface area contributed by atoms with E-state index in [1.165, 1.54) is 11.3 Å². The van der Waals surface area contributed by atoms with Crippen molar-refractivity contribution in [3.63, 3.8) is 0 Å². The van der Waals surface area contributed by atoms with Gasteiger partial charge in [-0.05, 0) is 30.3 Å². The number of fused-ring (bicyclic) bond motifs is 1. The minimum Gasteiger partial charge on any atom is -0.508 e. The zero-order valence-corrected chi connectivity index (χ0v) is 14.0. The number of rotatable bonds is 4. The summed E-state index contributed by atoms with van der Waals surface area (Å²) in [5, 5.41) is 13.0. The second-order valence-corrected chi connectivity index (χ2v) is 7.00. The first kappa shape index (κ1) is 15.0. The number of aromatic nitrogens is 3. The van der Waals surface area contributed by atoms with Crippen LogP contribution < -0.4 is 5.32 Å². The van der Waals surface area contributed by atoms with Crippen molar-refractivity contribution in [1.82, 2.24) is 15.0 Å². The van der Waals surface area contributed by atoms with E-state index in [0.717, 1.165) is 33.0 Å². The van der Waals surface area contributed by atoms with Crippen LogP contribution in [0.5, 0.6) is 5.75 Å². The fraction of sp³-hybridized carbons (Fsp3) is 0.0588. The van der Waals surface area contributed by atoms with Crippen LogP contribution in [0.1, 0.15) is 4.88 Å². The number of thiazole rings is 1. The van der Waals surface area contributed by atoms with E-state index in [1.807, 2.05) is 24.3 Å². The fourth-order valence-electron chi connectivity index (χ4n) is 2.46. The first-order valence-corrected chi connectivity index (χ1v) is 8.50. The molecule has 0 atom stereocenters. The summed E-state index contributed by atoms with van der Waals surface area (Å²) in [5.41, 5.74) is 3.64. The summed E-state index contributed by atoms with van der Waals surface area (Å²) in [6, 6.07) is 13.0. The zero-order chi connectivity index (χ0) is 16.5. The third kappa shape index (κ3) is 3.06. The van der Waals surface area contributed by atoms with E-state index in [1.54, 1.807) is 24.4 Å². The van der Waals surface area contributed by atoms with Crippen molar-refractivity contribution in [2.45, 2.75) is 6.54 Å². The number of benzene rings is 2. The Hall–Kier alpha value is -2.57. The Morgan fingerprint density at radius 1 is 1.21 bits per heavy atom. The van der Waals surface area contributed by atoms with E-state index >= 15 is 0 Å². The summed E-state index contributed by atoms with van der Waals surface area (Å²) in [5.74, 6) is 0.950. The molecule has 7 heteroatoms. The Morgan fingerprint density at radius 2 is 2.12 bits per heavy atom. The molecule has 120 valence electrons. The number of H-pyrrole nitrogens is 1. The van der Waals surface area contributed by atoms with E-state index in [9.17, 15) is 5.11 Å². The number of halogens is 1. The van der Waals surface area contributed by atoms with Crippen molar-refractivity contribution < 1.29 is 5.11 Å². The number of aromatic hydroxyl groups is 1. The van der Waals surface area contributed by atoms with Gasteiger partial charge in [0, 0.05) is 22.3 Å². The van der Waals surface area contributed by atoms with Crippen LogP contribution in [0.25, 0.3) is 22.4 Å². The van der Waals surface area contributed by atoms with Gasteiger partial charge in [-0.3, -0.25) is 0 Å². The maximum Gasteiger partial charge on any atom is 0.183 e. The average molecular weight is 357 g/mol. The predicted octanol–water partition coefficient (Wildman–Crippen LogP) is 4.66. The van der Waals surface area contributed by atoms with Crippen molar-refractivity contribution in [1.29, 1.82) is 0 Å². The van der Waals surface area contributed by atoms with Crippen LogP contribution in [0, 0.1) is 0 Å². The molecule has 0 saturated carbocycles. The summed E-state index contributed by atoms with van der Waals surface area (Å²) in [4.78, 5) is 13.0. The van der Waals surface area contributed by atoms with Crippen LogP contribution in [0.15, 0.2) is 48.7 Å². The molecular formula is C17H13ClN4OS. The monoisotopic (exact) mass is 356 g/mol. The lowest BCUT2D eigenvalue weighted by molar-refractivity contribution is 0.475. The SMILES string of the molecule is Oc1cccc(-c2nc3ccc(NCc4cnc(Cl)s4)cc3[nH]2)c1. The Morgan fingerprint density at radius 3 is 2.92 bits per heavy atom. The van der Waals surface area contributed by atoms with Gasteiger partial charge in [0.15, 0.2) is 4.47 Å². The lowest BCUT2D eigenvalue weighted by atomic mass is 10.2. The van der Waals surface area contributed by atoms with Gasteiger partial charge in [-0.2, -0.15) is 0 Å². The number of hydrogen-bond acceptors (Lipinski definition) is 5. The third-order valence-corrected chi connectivity index (χ3v) is 4.71. The highest BCUT2D eigenvalue weighted by Gasteiger charge is 2.07. The van der Waals surface area contributed by atoms with Gasteiger partial charge in [-0.25, -0.2) is 9.97 Å². The topological polar surface area (TPSA) is 73.8 Å². The molecule has 5 nitrogen and oxygen atoms in total. The lowest BCUT2D eigenvalue weighted by Crippen LogP contribution is -1.96. The van der Waals surface area contributed by atoms with Gasteiger partial charge in [0.2, 0.25) is 0 Å². The lowest BCUT2D eigenvalue weighted by Gasteiger charge is -2.03. The molecule has 4 aromatic rings. The maximum absolute atomic E-state index is 9.61. The van der Waals surface area contributed by atoms with E-state index in [2.05, 4.69) is 20.3 Å². The molecule has 2 aromatic carbocycles. The van der Waals surface area contributed by atoms with Crippen LogP contribution in [-0.4, -0.2) is 20.1 Å². The smallest absolute Gasteiger partial charge is 0.183 e. The number of phenolic OH excluding ortho intramolecular Hbond substituents is 1. The number of anilines is 1. The molecule has 0 spiro atoms. The first-order chi connectivity index (χ1) is 11.7. The zero-order valence-electron chi connectivity index (χ0n) is 12.5. The summed E-state index contributed by atoms with van der Waals surface area (Å²) in [6.45, 7) is 0.670. The van der Waals surface area contributed by atoms with Gasteiger partial charge in [-0.15, -0.1) is 11.3 Å². The highest BCUT2D eigenvalue weighted by atomic mass is 35.5. The average Bonchev–Trinajstić information content (AvgIpc) is 3.18. The molecule has 0 aliphatic heterocycles. The molecular weight excluding hydrogens is 344 g/mol. The van der Waals surface area contributed by atoms with Gasteiger partial charge in [0.05, 0.1) is 17.6 Å². The maximum atomic E-state index is 9.61. The normalized spacial score (nSPS) is 11.0. The number of phenols is 1. The van der Waals surface area contributed by atoms with Crippen LogP contribution in [0.3, 0.4) is 0 Å². The molecule has 2 aromatic heterocycles. The molecule has 0 unspecified atom stereocenters. The molecule has 0 amide bonds. The minimum atomic E-state index is 0.221. The number of nitrogens with zero attached hydrogens (tertiary/aromatic N) is 2. The molecule has 0 fully saturated rings. The Balaban J connectivity index is 1.59. The van der Waals surface area contributed by atoms with E-state index in [4.69, 9.17) is 11.6 Å². The minimum absolute atomic E-state index is 0.221. The highest BCUT2D eigenvalue weighted by molar-refractivity contribution is 7.15. The molecule has 0 bridgehead atoms. The van der Waals surface area contributed by atoms with Crippen LogP contribution in [0.4, 0.5) is 5.69 Å². The summed E-state index contributed by atoms with van der Waals surface area (Å²) < 4.78 is 0.548. The molecule has 2 heterocycles. The molecule has 3 N–H and O–H groups in total. The predicted molar refractivity (Wildman–Crippen MR) is 97.6 cm³/mol. The highest BCUT2D eigenvalue weighted by Crippen LogP contribution is 2.25. The first-order valence-electron chi connectivity index (χ1n) is 7.31. The van der Waals surface area contributed by atoms with Crippen molar-refractivity contribution in [3.8, 4) is 17.1 Å². The van der Waals surface area contributed by atoms with Crippen LogP contribution in [-0.2, 0) is 6.54 Å². The second kappa shape index (κ2) is 6.14. The van der Waals surface area contributed by atoms with Gasteiger partial charge in [-0.1, -0.05) is 23.7 Å². The second-order valence-electron chi connectivity index (χ2n) is 5.30. The number of aromatic amines is 1. The van der Waals surface area contributed by atoms with Crippen molar-refractivity contribution in [2.24, 2.45) is 0 Å². The largest absolute Gasteiger partial charge is 0.508 e. The summed E-state index contributed by atoms with van der Waals surface area (Å²) in [7, 11) is 0. The molecule has 0 saturated heterocycles. The quantitative estimate of drug-likeness (QED) is 0.497. The number of imidazole rings is 1. The fourth-order valence-corrected chi connectivity index (χ4v) is 3.38. The van der Waals surface area contributed by atoms with Gasteiger partial charge >= 0.3 is 0 Å². The third-order valence-electron chi connectivity index (χ3n) is 3.59. The summed E-state index contributed by atoms with van der Waals surface area (Å²) in [6.07, 6.45) is 1.77. The van der Waals surface area contributed by atoms with Crippen molar-refractivity contribution >= 4 is 39.7 Å². The van der Waals surface area contributed by atoms with E-state index in [0.29, 0.717) is 11.0 Å². The molecule has 0 radical (unpaired) electrons. The van der Waals surface area contributed by atoms with Gasteiger partial charge in [0.1, 0.15) is 11.6 Å². The van der Waals surface area contributed by atoms with Gasteiger partial charge in [0.25, 0.3) is 0 Å². The molecule has 0 aliphatic carbocycles. The number of nitrogens with one attached hydrogen (secondary N) is 2. The van der Waals surface area contributed by atoms with Crippen LogP contribution >= 0.6 is 22.9 Å². The van der Waals surface area contributed by atoms with Crippen LogP contribution in [0.2, 0.25) is 4.47 Å². The Kier molecular flexibility index (Phi) is 3.84. The Bertz CT molecular complexity index is 1010. The standard InChI is InChI=1S/C17H13ClN4OS/c18-17-20-9-13(24-17)8-19-11-4-5-14-15(7-11)22-16(21-14)10-2-1-3-12(23)6-10/h1-7,9,19,23H,8H2,(H,21,22). The Labute approximate surface area is 147 Å². The van der Waals surface area contributed by atoms with E-state index in [-0.39, 0.29) is 5.75 Å². The van der Waals surface area contributed by atoms with Crippen molar-refractivity contribution in [2.75, 3.05) is 5.32 Å². The van der Waals surface area contributed by atoms with Crippen molar-refractivity contribution in [3.05, 3.63) is 58.0 Å². The molecule has 4 rings (SSSR count). The van der Waals surface area contributed by atoms with E-state index < -0.39 is 0 Å².